The zero-order valence-corrected chi connectivity index (χ0v) is 8.75. The summed E-state index contributed by atoms with van der Waals surface area (Å²) < 4.78 is 5.44. The van der Waals surface area contributed by atoms with E-state index in [2.05, 4.69) is 17.2 Å². The van der Waals surface area contributed by atoms with Gasteiger partial charge in [-0.3, -0.25) is 0 Å². The summed E-state index contributed by atoms with van der Waals surface area (Å²) in [5.41, 5.74) is 1.11. The Kier molecular flexibility index (Phi) is 3.19. The number of oxazole rings is 1. The standard InChI is InChI=1S/C11H18N2O/c1-2-3-10-8-14-11(13-10)6-9-4-5-12-7-9/h8-9,12H,2-7H2,1H3. The largest absolute Gasteiger partial charge is 0.449 e. The topological polar surface area (TPSA) is 38.1 Å². The Morgan fingerprint density at radius 3 is 3.29 bits per heavy atom. The summed E-state index contributed by atoms with van der Waals surface area (Å²) in [6.45, 7) is 4.42. The third-order valence-corrected chi connectivity index (χ3v) is 2.73. The molecule has 2 rings (SSSR count). The fourth-order valence-electron chi connectivity index (χ4n) is 1.95. The van der Waals surface area contributed by atoms with Gasteiger partial charge in [-0.2, -0.15) is 0 Å². The molecule has 1 atom stereocenters. The van der Waals surface area contributed by atoms with Gasteiger partial charge in [0, 0.05) is 6.42 Å². The number of nitrogens with zero attached hydrogens (tertiary/aromatic N) is 1. The minimum atomic E-state index is 0.725. The number of rotatable bonds is 4. The third kappa shape index (κ3) is 2.35. The van der Waals surface area contributed by atoms with Crippen LogP contribution in [-0.2, 0) is 12.8 Å². The zero-order chi connectivity index (χ0) is 9.80. The van der Waals surface area contributed by atoms with Gasteiger partial charge in [0.25, 0.3) is 0 Å². The van der Waals surface area contributed by atoms with E-state index < -0.39 is 0 Å². The van der Waals surface area contributed by atoms with E-state index >= 15 is 0 Å². The van der Waals surface area contributed by atoms with E-state index in [0.29, 0.717) is 0 Å². The van der Waals surface area contributed by atoms with Crippen LogP contribution in [0.4, 0.5) is 0 Å². The highest BCUT2D eigenvalue weighted by Gasteiger charge is 2.17. The summed E-state index contributed by atoms with van der Waals surface area (Å²) in [4.78, 5) is 4.47. The SMILES string of the molecule is CCCc1coc(CC2CCNC2)n1. The molecule has 1 fully saturated rings. The molecule has 1 saturated heterocycles. The minimum absolute atomic E-state index is 0.725. The molecule has 3 nitrogen and oxygen atoms in total. The highest BCUT2D eigenvalue weighted by Crippen LogP contribution is 2.15. The first-order valence-electron chi connectivity index (χ1n) is 5.52. The summed E-state index contributed by atoms with van der Waals surface area (Å²) in [6, 6.07) is 0. The van der Waals surface area contributed by atoms with Crippen LogP contribution in [0.2, 0.25) is 0 Å². The lowest BCUT2D eigenvalue weighted by molar-refractivity contribution is 0.442. The van der Waals surface area contributed by atoms with E-state index in [1.54, 1.807) is 6.26 Å². The molecular weight excluding hydrogens is 176 g/mol. The van der Waals surface area contributed by atoms with E-state index in [1.807, 2.05) is 0 Å². The van der Waals surface area contributed by atoms with Crippen LogP contribution >= 0.6 is 0 Å². The van der Waals surface area contributed by atoms with E-state index in [0.717, 1.165) is 49.9 Å². The van der Waals surface area contributed by atoms with Crippen molar-refractivity contribution in [3.05, 3.63) is 17.8 Å². The number of hydrogen-bond acceptors (Lipinski definition) is 3. The maximum atomic E-state index is 5.44. The van der Waals surface area contributed by atoms with E-state index in [-0.39, 0.29) is 0 Å². The molecule has 1 aliphatic rings. The van der Waals surface area contributed by atoms with Crippen molar-refractivity contribution in [2.45, 2.75) is 32.6 Å². The third-order valence-electron chi connectivity index (χ3n) is 2.73. The van der Waals surface area contributed by atoms with E-state index in [1.165, 1.54) is 6.42 Å². The highest BCUT2D eigenvalue weighted by atomic mass is 16.3. The molecule has 2 heterocycles. The fraction of sp³-hybridized carbons (Fsp3) is 0.727. The molecule has 14 heavy (non-hydrogen) atoms. The second-order valence-corrected chi connectivity index (χ2v) is 4.05. The molecule has 0 spiro atoms. The Morgan fingerprint density at radius 2 is 2.57 bits per heavy atom. The Hall–Kier alpha value is -0.830. The summed E-state index contributed by atoms with van der Waals surface area (Å²) in [5, 5.41) is 3.36. The van der Waals surface area contributed by atoms with Crippen LogP contribution in [0, 0.1) is 5.92 Å². The molecule has 0 bridgehead atoms. The first-order valence-corrected chi connectivity index (χ1v) is 5.52. The zero-order valence-electron chi connectivity index (χ0n) is 8.75. The number of hydrogen-bond donors (Lipinski definition) is 1. The van der Waals surface area contributed by atoms with Gasteiger partial charge in [-0.05, 0) is 31.8 Å². The lowest BCUT2D eigenvalue weighted by atomic mass is 10.1. The highest BCUT2D eigenvalue weighted by molar-refractivity contribution is 4.97. The van der Waals surface area contributed by atoms with E-state index in [4.69, 9.17) is 4.42 Å². The summed E-state index contributed by atoms with van der Waals surface area (Å²) in [7, 11) is 0. The molecule has 3 heteroatoms. The van der Waals surface area contributed by atoms with Crippen molar-refractivity contribution in [2.24, 2.45) is 5.92 Å². The van der Waals surface area contributed by atoms with Crippen LogP contribution in [-0.4, -0.2) is 18.1 Å². The van der Waals surface area contributed by atoms with Crippen LogP contribution in [0.3, 0.4) is 0 Å². The predicted octanol–water partition coefficient (Wildman–Crippen LogP) is 1.78. The van der Waals surface area contributed by atoms with Gasteiger partial charge in [0.05, 0.1) is 5.69 Å². The molecule has 0 aromatic carbocycles. The molecule has 1 aliphatic heterocycles. The van der Waals surface area contributed by atoms with Crippen LogP contribution in [0.1, 0.15) is 31.4 Å². The fourth-order valence-corrected chi connectivity index (χ4v) is 1.95. The Morgan fingerprint density at radius 1 is 1.64 bits per heavy atom. The van der Waals surface area contributed by atoms with Crippen molar-refractivity contribution in [3.8, 4) is 0 Å². The summed E-state index contributed by atoms with van der Waals surface area (Å²) >= 11 is 0. The molecule has 0 amide bonds. The monoisotopic (exact) mass is 194 g/mol. The van der Waals surface area contributed by atoms with Gasteiger partial charge in [0.2, 0.25) is 0 Å². The first-order chi connectivity index (χ1) is 6.88. The van der Waals surface area contributed by atoms with Crippen molar-refractivity contribution in [1.29, 1.82) is 0 Å². The minimum Gasteiger partial charge on any atom is -0.449 e. The number of aromatic nitrogens is 1. The van der Waals surface area contributed by atoms with Gasteiger partial charge in [-0.25, -0.2) is 4.98 Å². The molecular formula is C11H18N2O. The average Bonchev–Trinajstić information content (AvgIpc) is 2.79. The van der Waals surface area contributed by atoms with Crippen molar-refractivity contribution >= 4 is 0 Å². The average molecular weight is 194 g/mol. The van der Waals surface area contributed by atoms with Gasteiger partial charge < -0.3 is 9.73 Å². The maximum absolute atomic E-state index is 5.44. The predicted molar refractivity (Wildman–Crippen MR) is 55.2 cm³/mol. The van der Waals surface area contributed by atoms with Crippen LogP contribution in [0.25, 0.3) is 0 Å². The Balaban J connectivity index is 1.88. The smallest absolute Gasteiger partial charge is 0.194 e. The van der Waals surface area contributed by atoms with E-state index in [9.17, 15) is 0 Å². The normalized spacial score (nSPS) is 21.6. The molecule has 1 N–H and O–H groups in total. The lowest BCUT2D eigenvalue weighted by Gasteiger charge is -2.02. The Labute approximate surface area is 84.9 Å². The van der Waals surface area contributed by atoms with Crippen molar-refractivity contribution in [1.82, 2.24) is 10.3 Å². The molecule has 0 aliphatic carbocycles. The lowest BCUT2D eigenvalue weighted by Crippen LogP contribution is -2.10. The van der Waals surface area contributed by atoms with Crippen LogP contribution in [0.15, 0.2) is 10.7 Å². The number of aryl methyl sites for hydroxylation is 1. The van der Waals surface area contributed by atoms with Crippen molar-refractivity contribution < 1.29 is 4.42 Å². The second-order valence-electron chi connectivity index (χ2n) is 4.05. The molecule has 1 aromatic rings. The van der Waals surface area contributed by atoms with Gasteiger partial charge in [-0.15, -0.1) is 0 Å². The maximum Gasteiger partial charge on any atom is 0.194 e. The second kappa shape index (κ2) is 4.60. The van der Waals surface area contributed by atoms with Crippen molar-refractivity contribution in [2.75, 3.05) is 13.1 Å². The summed E-state index contributed by atoms with van der Waals surface area (Å²) in [5.74, 6) is 1.64. The molecule has 78 valence electrons. The number of nitrogens with one attached hydrogen (secondary N) is 1. The van der Waals surface area contributed by atoms with Crippen LogP contribution < -0.4 is 5.32 Å². The van der Waals surface area contributed by atoms with Crippen molar-refractivity contribution in [3.63, 3.8) is 0 Å². The van der Waals surface area contributed by atoms with Gasteiger partial charge in [-0.1, -0.05) is 13.3 Å². The van der Waals surface area contributed by atoms with Gasteiger partial charge in [0.15, 0.2) is 5.89 Å². The molecule has 1 aromatic heterocycles. The quantitative estimate of drug-likeness (QED) is 0.794. The van der Waals surface area contributed by atoms with Gasteiger partial charge in [0.1, 0.15) is 6.26 Å². The molecule has 0 saturated carbocycles. The molecule has 1 unspecified atom stereocenters. The Bertz CT molecular complexity index is 277. The first kappa shape index (κ1) is 9.71. The molecule has 0 radical (unpaired) electrons. The van der Waals surface area contributed by atoms with Gasteiger partial charge >= 0.3 is 0 Å². The van der Waals surface area contributed by atoms with Crippen LogP contribution in [0.5, 0.6) is 0 Å². The summed E-state index contributed by atoms with van der Waals surface area (Å²) in [6.07, 6.45) is 6.23.